The van der Waals surface area contributed by atoms with Crippen molar-refractivity contribution in [1.82, 2.24) is 0 Å². The number of phosphoric ester groups is 1. The maximum absolute atomic E-state index is 11.7. The van der Waals surface area contributed by atoms with Gasteiger partial charge in [-0.3, -0.25) is 4.89 Å². The number of hydrogen-bond acceptors (Lipinski definition) is 4. The van der Waals surface area contributed by atoms with E-state index in [4.69, 9.17) is 14.3 Å². The van der Waals surface area contributed by atoms with E-state index in [0.29, 0.717) is 12.0 Å². The molecule has 0 radical (unpaired) electrons. The predicted octanol–water partition coefficient (Wildman–Crippen LogP) is 5.74. The number of rotatable bonds is 15. The second kappa shape index (κ2) is 12.7. The summed E-state index contributed by atoms with van der Waals surface area (Å²) in [5.41, 5.74) is 0.709. The van der Waals surface area contributed by atoms with Crippen molar-refractivity contribution in [2.75, 3.05) is 0 Å². The molecule has 0 bridgehead atoms. The minimum Gasteiger partial charge on any atom is -0.404 e. The lowest BCUT2D eigenvalue weighted by Gasteiger charge is -2.15. The van der Waals surface area contributed by atoms with Gasteiger partial charge in [-0.2, -0.15) is 4.31 Å². The summed E-state index contributed by atoms with van der Waals surface area (Å²) in [5, 5.41) is 0. The third-order valence-electron chi connectivity index (χ3n) is 4.20. The predicted molar refractivity (Wildman–Crippen MR) is 106 cm³/mol. The van der Waals surface area contributed by atoms with E-state index in [1.165, 1.54) is 51.0 Å². The van der Waals surface area contributed by atoms with Crippen molar-refractivity contribution in [2.24, 2.45) is 0 Å². The number of unbranched alkanes of at least 4 members (excludes halogenated alkanes) is 9. The van der Waals surface area contributed by atoms with Crippen LogP contribution < -0.4 is 4.52 Å². The lowest BCUT2D eigenvalue weighted by molar-refractivity contribution is 0.229. The zero-order valence-electron chi connectivity index (χ0n) is 16.0. The van der Waals surface area contributed by atoms with Crippen molar-refractivity contribution in [3.63, 3.8) is 0 Å². The third-order valence-corrected chi connectivity index (χ3v) is 6.30. The standard InChI is InChI=1S/C18H32O7P2/c1-2-3-4-5-6-7-8-9-10-11-14-17-15-12-13-16-18(17)24-27(22,23)25-26(19,20)21/h12-13,15-16H,2-11,14H2,1H3,(H,22,23)(H2,19,20,21). The molecule has 0 heterocycles. The highest BCUT2D eigenvalue weighted by Gasteiger charge is 2.34. The highest BCUT2D eigenvalue weighted by atomic mass is 31.3. The van der Waals surface area contributed by atoms with Gasteiger partial charge < -0.3 is 14.3 Å². The molecule has 1 aromatic carbocycles. The lowest BCUT2D eigenvalue weighted by atomic mass is 10.0. The van der Waals surface area contributed by atoms with Crippen molar-refractivity contribution in [3.8, 4) is 5.75 Å². The molecule has 0 saturated carbocycles. The number of para-hydroxylation sites is 1. The molecular weight excluding hydrogens is 390 g/mol. The van der Waals surface area contributed by atoms with E-state index in [1.54, 1.807) is 18.2 Å². The van der Waals surface area contributed by atoms with Crippen LogP contribution in [0.25, 0.3) is 0 Å². The van der Waals surface area contributed by atoms with E-state index >= 15 is 0 Å². The van der Waals surface area contributed by atoms with E-state index < -0.39 is 15.6 Å². The summed E-state index contributed by atoms with van der Waals surface area (Å²) >= 11 is 0. The topological polar surface area (TPSA) is 113 Å². The van der Waals surface area contributed by atoms with Crippen LogP contribution in [0.4, 0.5) is 0 Å². The molecule has 0 aromatic heterocycles. The Morgan fingerprint density at radius 1 is 0.815 bits per heavy atom. The molecule has 0 fully saturated rings. The summed E-state index contributed by atoms with van der Waals surface area (Å²) in [7, 11) is -10.0. The molecule has 7 nitrogen and oxygen atoms in total. The molecule has 0 spiro atoms. The molecule has 3 N–H and O–H groups in total. The summed E-state index contributed by atoms with van der Waals surface area (Å²) < 4.78 is 31.2. The molecule has 0 amide bonds. The smallest absolute Gasteiger partial charge is 0.404 e. The second-order valence-electron chi connectivity index (χ2n) is 6.67. The first-order valence-electron chi connectivity index (χ1n) is 9.61. The first kappa shape index (κ1) is 24.4. The first-order valence-corrected chi connectivity index (χ1v) is 12.6. The number of benzene rings is 1. The van der Waals surface area contributed by atoms with Crippen LogP contribution in [-0.4, -0.2) is 14.7 Å². The Morgan fingerprint density at radius 2 is 1.33 bits per heavy atom. The van der Waals surface area contributed by atoms with Crippen LogP contribution in [0.5, 0.6) is 5.75 Å². The van der Waals surface area contributed by atoms with Gasteiger partial charge in [-0.15, -0.1) is 0 Å². The van der Waals surface area contributed by atoms with E-state index in [2.05, 4.69) is 11.2 Å². The summed E-state index contributed by atoms with van der Waals surface area (Å²) in [6, 6.07) is 6.65. The summed E-state index contributed by atoms with van der Waals surface area (Å²) in [5.74, 6) is 0.104. The van der Waals surface area contributed by atoms with Crippen LogP contribution >= 0.6 is 15.6 Å². The molecule has 1 aromatic rings. The van der Waals surface area contributed by atoms with Crippen LogP contribution in [0.15, 0.2) is 24.3 Å². The zero-order chi connectivity index (χ0) is 20.2. The van der Waals surface area contributed by atoms with E-state index in [0.717, 1.165) is 19.3 Å². The van der Waals surface area contributed by atoms with Crippen molar-refractivity contribution >= 4 is 15.6 Å². The average Bonchev–Trinajstić information content (AvgIpc) is 2.55. The number of aryl methyl sites for hydroxylation is 1. The van der Waals surface area contributed by atoms with Crippen LogP contribution in [0.2, 0.25) is 0 Å². The van der Waals surface area contributed by atoms with E-state index in [1.807, 2.05) is 0 Å². The second-order valence-corrected chi connectivity index (χ2v) is 9.43. The zero-order valence-corrected chi connectivity index (χ0v) is 17.7. The SMILES string of the molecule is CCCCCCCCCCCCc1ccccc1OP(=O)(O)OP(=O)(O)O. The Hall–Kier alpha value is -0.680. The fourth-order valence-corrected chi connectivity index (χ4v) is 4.51. The molecule has 27 heavy (non-hydrogen) atoms. The third kappa shape index (κ3) is 12.4. The average molecular weight is 422 g/mol. The van der Waals surface area contributed by atoms with E-state index in [9.17, 15) is 14.0 Å². The lowest BCUT2D eigenvalue weighted by Crippen LogP contribution is -1.99. The monoisotopic (exact) mass is 422 g/mol. The van der Waals surface area contributed by atoms with Gasteiger partial charge in [0.1, 0.15) is 5.75 Å². The van der Waals surface area contributed by atoms with Gasteiger partial charge in [-0.05, 0) is 24.5 Å². The van der Waals surface area contributed by atoms with Gasteiger partial charge in [0.2, 0.25) is 0 Å². The van der Waals surface area contributed by atoms with Crippen molar-refractivity contribution in [1.29, 1.82) is 0 Å². The maximum atomic E-state index is 11.7. The molecule has 1 atom stereocenters. The quantitative estimate of drug-likeness (QED) is 0.244. The Kier molecular flexibility index (Phi) is 11.5. The largest absolute Gasteiger partial charge is 0.536 e. The molecule has 1 unspecified atom stereocenters. The molecule has 0 aliphatic carbocycles. The molecule has 9 heteroatoms. The van der Waals surface area contributed by atoms with Crippen molar-refractivity contribution in [3.05, 3.63) is 29.8 Å². The Labute approximate surface area is 162 Å². The van der Waals surface area contributed by atoms with E-state index in [-0.39, 0.29) is 5.75 Å². The minimum atomic E-state index is -5.12. The van der Waals surface area contributed by atoms with Crippen LogP contribution in [0, 0.1) is 0 Å². The van der Waals surface area contributed by atoms with Gasteiger partial charge in [-0.25, -0.2) is 9.13 Å². The van der Waals surface area contributed by atoms with Crippen LogP contribution in [0.3, 0.4) is 0 Å². The summed E-state index contributed by atoms with van der Waals surface area (Å²) in [6.45, 7) is 2.22. The molecular formula is C18H32O7P2. The van der Waals surface area contributed by atoms with Crippen LogP contribution in [0.1, 0.15) is 76.7 Å². The molecule has 0 aliphatic heterocycles. The fraction of sp³-hybridized carbons (Fsp3) is 0.667. The Morgan fingerprint density at radius 3 is 1.89 bits per heavy atom. The van der Waals surface area contributed by atoms with Gasteiger partial charge in [-0.1, -0.05) is 82.9 Å². The van der Waals surface area contributed by atoms with Gasteiger partial charge in [0.25, 0.3) is 0 Å². The van der Waals surface area contributed by atoms with Gasteiger partial charge in [0, 0.05) is 0 Å². The maximum Gasteiger partial charge on any atom is 0.536 e. The highest BCUT2D eigenvalue weighted by molar-refractivity contribution is 7.60. The minimum absolute atomic E-state index is 0.104. The molecule has 156 valence electrons. The summed E-state index contributed by atoms with van der Waals surface area (Å²) in [6.07, 6.45) is 12.8. The molecule has 1 rings (SSSR count). The summed E-state index contributed by atoms with van der Waals surface area (Å²) in [4.78, 5) is 26.9. The Bertz CT molecular complexity index is 630. The van der Waals surface area contributed by atoms with Crippen molar-refractivity contribution in [2.45, 2.75) is 77.6 Å². The number of hydrogen-bond donors (Lipinski definition) is 3. The molecule has 0 saturated heterocycles. The first-order chi connectivity index (χ1) is 12.7. The van der Waals surface area contributed by atoms with Gasteiger partial charge in [0.05, 0.1) is 0 Å². The van der Waals surface area contributed by atoms with Gasteiger partial charge in [0.15, 0.2) is 0 Å². The van der Waals surface area contributed by atoms with Crippen molar-refractivity contribution < 1.29 is 32.6 Å². The number of phosphoric acid groups is 2. The van der Waals surface area contributed by atoms with Gasteiger partial charge >= 0.3 is 15.6 Å². The van der Waals surface area contributed by atoms with Crippen LogP contribution in [-0.2, 0) is 19.9 Å². The highest BCUT2D eigenvalue weighted by Crippen LogP contribution is 2.57. The fourth-order valence-electron chi connectivity index (χ4n) is 2.88. The normalized spacial score (nSPS) is 14.1. The molecule has 0 aliphatic rings. The Balaban J connectivity index is 2.34.